The van der Waals surface area contributed by atoms with Crippen LogP contribution in [0.15, 0.2) is 12.8 Å². The summed E-state index contributed by atoms with van der Waals surface area (Å²) in [7, 11) is 0. The molecule has 0 rings (SSSR count). The van der Waals surface area contributed by atoms with E-state index in [1.807, 2.05) is 0 Å². The molecule has 0 aromatic rings. The van der Waals surface area contributed by atoms with E-state index in [0.29, 0.717) is 0 Å². The Kier molecular flexibility index (Phi) is 9.52. The highest BCUT2D eigenvalue weighted by Crippen LogP contribution is 2.00. The van der Waals surface area contributed by atoms with Crippen LogP contribution in [0.5, 0.6) is 0 Å². The van der Waals surface area contributed by atoms with Crippen LogP contribution in [0.25, 0.3) is 0 Å². The number of unbranched alkanes of at least 4 members (excludes halogenated alkanes) is 3. The van der Waals surface area contributed by atoms with Crippen molar-refractivity contribution in [3.8, 4) is 0 Å². The molecule has 0 unspecified atom stereocenters. The molecule has 0 bridgehead atoms. The van der Waals surface area contributed by atoms with Gasteiger partial charge in [-0.15, -0.1) is 0 Å². The minimum atomic E-state index is 1.09. The summed E-state index contributed by atoms with van der Waals surface area (Å²) in [6, 6.07) is 0. The fourth-order valence-corrected chi connectivity index (χ4v) is 1.32. The second-order valence-corrected chi connectivity index (χ2v) is 3.34. The predicted octanol–water partition coefficient (Wildman–Crippen LogP) is 2.71. The first kappa shape index (κ1) is 10.3. The van der Waals surface area contributed by atoms with Crippen LogP contribution >= 0.6 is 22.6 Å². The van der Waals surface area contributed by atoms with E-state index in [1.54, 1.807) is 6.20 Å². The first-order valence-corrected chi connectivity index (χ1v) is 5.34. The van der Waals surface area contributed by atoms with E-state index in [-0.39, 0.29) is 0 Å². The Labute approximate surface area is 77.4 Å². The van der Waals surface area contributed by atoms with E-state index in [4.69, 9.17) is 0 Å². The topological polar surface area (TPSA) is 12.0 Å². The third-order valence-electron chi connectivity index (χ3n) is 1.35. The number of alkyl halides is 1. The lowest BCUT2D eigenvalue weighted by molar-refractivity contribution is 0.651. The molecule has 0 fully saturated rings. The molecule has 0 heterocycles. The summed E-state index contributed by atoms with van der Waals surface area (Å²) >= 11 is 2.42. The molecule has 0 saturated carbocycles. The van der Waals surface area contributed by atoms with E-state index in [1.165, 1.54) is 30.1 Å². The molecule has 0 atom stereocenters. The van der Waals surface area contributed by atoms with Gasteiger partial charge in [0.2, 0.25) is 0 Å². The van der Waals surface area contributed by atoms with Gasteiger partial charge in [-0.1, -0.05) is 42.0 Å². The summed E-state index contributed by atoms with van der Waals surface area (Å²) in [4.78, 5) is 0. The van der Waals surface area contributed by atoms with Crippen molar-refractivity contribution in [1.29, 1.82) is 0 Å². The highest BCUT2D eigenvalue weighted by molar-refractivity contribution is 14.1. The van der Waals surface area contributed by atoms with Crippen molar-refractivity contribution in [2.24, 2.45) is 0 Å². The normalized spacial score (nSPS) is 9.30. The Balaban J connectivity index is 2.70. The quantitative estimate of drug-likeness (QED) is 0.418. The smallest absolute Gasteiger partial charge is 0.0141 e. The van der Waals surface area contributed by atoms with Gasteiger partial charge in [-0.3, -0.25) is 0 Å². The number of hydrogen-bond donors (Lipinski definition) is 1. The van der Waals surface area contributed by atoms with E-state index >= 15 is 0 Å². The van der Waals surface area contributed by atoms with Crippen molar-refractivity contribution >= 4 is 22.6 Å². The molecule has 60 valence electrons. The number of nitrogens with one attached hydrogen (secondary N) is 1. The van der Waals surface area contributed by atoms with Crippen molar-refractivity contribution in [2.45, 2.75) is 25.7 Å². The van der Waals surface area contributed by atoms with Crippen LogP contribution in [0.3, 0.4) is 0 Å². The van der Waals surface area contributed by atoms with Gasteiger partial charge in [0.1, 0.15) is 0 Å². The lowest BCUT2D eigenvalue weighted by Gasteiger charge is -1.98. The zero-order valence-corrected chi connectivity index (χ0v) is 8.56. The molecule has 1 N–H and O–H groups in total. The van der Waals surface area contributed by atoms with Gasteiger partial charge in [0.15, 0.2) is 0 Å². The third-order valence-corrected chi connectivity index (χ3v) is 2.11. The van der Waals surface area contributed by atoms with Crippen molar-refractivity contribution < 1.29 is 0 Å². The van der Waals surface area contributed by atoms with Crippen LogP contribution in [-0.4, -0.2) is 11.0 Å². The van der Waals surface area contributed by atoms with Gasteiger partial charge in [0.05, 0.1) is 0 Å². The maximum atomic E-state index is 3.58. The van der Waals surface area contributed by atoms with E-state index in [2.05, 4.69) is 34.5 Å². The van der Waals surface area contributed by atoms with Gasteiger partial charge < -0.3 is 5.32 Å². The lowest BCUT2D eigenvalue weighted by Crippen LogP contribution is -2.05. The molecule has 1 nitrogen and oxygen atoms in total. The predicted molar refractivity (Wildman–Crippen MR) is 55.6 cm³/mol. The first-order valence-electron chi connectivity index (χ1n) is 3.82. The number of hydrogen-bond acceptors (Lipinski definition) is 1. The molecular formula is C8H16IN. The van der Waals surface area contributed by atoms with Crippen LogP contribution in [0.1, 0.15) is 25.7 Å². The first-order chi connectivity index (χ1) is 4.91. The van der Waals surface area contributed by atoms with Crippen molar-refractivity contribution in [3.05, 3.63) is 12.8 Å². The molecule has 0 aromatic heterocycles. The summed E-state index contributed by atoms with van der Waals surface area (Å²) in [6.07, 6.45) is 7.14. The maximum Gasteiger partial charge on any atom is 0.0141 e. The summed E-state index contributed by atoms with van der Waals surface area (Å²) in [5.74, 6) is 0. The van der Waals surface area contributed by atoms with Crippen LogP contribution < -0.4 is 5.32 Å². The number of halogens is 1. The van der Waals surface area contributed by atoms with Crippen LogP contribution in [0.4, 0.5) is 0 Å². The largest absolute Gasteiger partial charge is 0.391 e. The molecule has 0 aliphatic rings. The summed E-state index contributed by atoms with van der Waals surface area (Å²) < 4.78 is 1.30. The Hall–Kier alpha value is 0.270. The monoisotopic (exact) mass is 253 g/mol. The molecule has 0 aliphatic heterocycles. The lowest BCUT2D eigenvalue weighted by atomic mass is 10.2. The van der Waals surface area contributed by atoms with Crippen molar-refractivity contribution in [2.75, 3.05) is 11.0 Å². The van der Waals surface area contributed by atoms with E-state index in [9.17, 15) is 0 Å². The Morgan fingerprint density at radius 3 is 2.50 bits per heavy atom. The molecule has 0 amide bonds. The van der Waals surface area contributed by atoms with Crippen LogP contribution in [0, 0.1) is 0 Å². The molecule has 0 radical (unpaired) electrons. The van der Waals surface area contributed by atoms with E-state index < -0.39 is 0 Å². The summed E-state index contributed by atoms with van der Waals surface area (Å²) in [6.45, 7) is 4.67. The standard InChI is InChI=1S/C8H16IN/c1-2-10-8-6-4-3-5-7-9/h2,10H,1,3-8H2. The molecule has 0 aliphatic carbocycles. The van der Waals surface area contributed by atoms with Gasteiger partial charge in [-0.2, -0.15) is 0 Å². The van der Waals surface area contributed by atoms with Gasteiger partial charge in [0, 0.05) is 6.54 Å². The summed E-state index contributed by atoms with van der Waals surface area (Å²) in [5, 5.41) is 3.09. The SMILES string of the molecule is C=CNCCCCCCI. The molecule has 0 spiro atoms. The Morgan fingerprint density at radius 1 is 1.20 bits per heavy atom. The molecular weight excluding hydrogens is 237 g/mol. The maximum absolute atomic E-state index is 3.58. The average molecular weight is 253 g/mol. The highest BCUT2D eigenvalue weighted by Gasteiger charge is 1.86. The second kappa shape index (κ2) is 9.27. The van der Waals surface area contributed by atoms with Crippen LogP contribution in [-0.2, 0) is 0 Å². The fourth-order valence-electron chi connectivity index (χ4n) is 0.777. The molecule has 0 saturated heterocycles. The van der Waals surface area contributed by atoms with Crippen molar-refractivity contribution in [1.82, 2.24) is 5.32 Å². The van der Waals surface area contributed by atoms with Crippen LogP contribution in [0.2, 0.25) is 0 Å². The minimum Gasteiger partial charge on any atom is -0.391 e. The number of rotatable bonds is 7. The zero-order chi connectivity index (χ0) is 7.66. The zero-order valence-electron chi connectivity index (χ0n) is 6.41. The summed E-state index contributed by atoms with van der Waals surface area (Å²) in [5.41, 5.74) is 0. The second-order valence-electron chi connectivity index (χ2n) is 2.26. The Morgan fingerprint density at radius 2 is 1.90 bits per heavy atom. The minimum absolute atomic E-state index is 1.09. The van der Waals surface area contributed by atoms with Crippen molar-refractivity contribution in [3.63, 3.8) is 0 Å². The molecule has 2 heteroatoms. The van der Waals surface area contributed by atoms with Gasteiger partial charge in [0.25, 0.3) is 0 Å². The molecule has 10 heavy (non-hydrogen) atoms. The third kappa shape index (κ3) is 8.27. The molecule has 0 aromatic carbocycles. The van der Waals surface area contributed by atoms with Gasteiger partial charge in [-0.25, -0.2) is 0 Å². The van der Waals surface area contributed by atoms with Gasteiger partial charge >= 0.3 is 0 Å². The van der Waals surface area contributed by atoms with Gasteiger partial charge in [-0.05, 0) is 23.5 Å². The average Bonchev–Trinajstić information content (AvgIpc) is 1.97. The Bertz CT molecular complexity index is 73.7. The highest BCUT2D eigenvalue weighted by atomic mass is 127. The fraction of sp³-hybridized carbons (Fsp3) is 0.750. The van der Waals surface area contributed by atoms with E-state index in [0.717, 1.165) is 6.54 Å².